The quantitative estimate of drug-likeness (QED) is 0.473. The Bertz CT molecular complexity index is 299. The van der Waals surface area contributed by atoms with Crippen LogP contribution in [0.3, 0.4) is 0 Å². The lowest BCUT2D eigenvalue weighted by atomic mass is 10.2. The van der Waals surface area contributed by atoms with Gasteiger partial charge in [0, 0.05) is 39.3 Å². The van der Waals surface area contributed by atoms with Crippen LogP contribution in [-0.2, 0) is 10.4 Å². The van der Waals surface area contributed by atoms with Gasteiger partial charge < -0.3 is 10.2 Å². The topological polar surface area (TPSA) is 122 Å². The van der Waals surface area contributed by atoms with E-state index in [-0.39, 0.29) is 12.2 Å². The van der Waals surface area contributed by atoms with E-state index in [0.29, 0.717) is 0 Å². The predicted octanol–water partition coefficient (Wildman–Crippen LogP) is -1.29. The van der Waals surface area contributed by atoms with Crippen LogP contribution in [0.25, 0.3) is 0 Å². The summed E-state index contributed by atoms with van der Waals surface area (Å²) in [4.78, 5) is 4.53. The van der Waals surface area contributed by atoms with E-state index < -0.39 is 10.4 Å². The second kappa shape index (κ2) is 8.80. The minimum atomic E-state index is -4.67. The molecule has 0 spiro atoms. The summed E-state index contributed by atoms with van der Waals surface area (Å²) in [5.41, 5.74) is 0. The van der Waals surface area contributed by atoms with Crippen LogP contribution in [0.4, 0.5) is 0 Å². The van der Waals surface area contributed by atoms with E-state index >= 15 is 0 Å². The molecule has 0 aliphatic carbocycles. The van der Waals surface area contributed by atoms with Gasteiger partial charge >= 0.3 is 10.4 Å². The average molecular weight is 300 g/mol. The summed E-state index contributed by atoms with van der Waals surface area (Å²) >= 11 is 0. The molecule has 1 heterocycles. The fourth-order valence-corrected chi connectivity index (χ4v) is 1.90. The van der Waals surface area contributed by atoms with Crippen molar-refractivity contribution < 1.29 is 27.7 Å². The van der Waals surface area contributed by atoms with E-state index in [1.54, 1.807) is 0 Å². The third-order valence-corrected chi connectivity index (χ3v) is 2.51. The Morgan fingerprint density at radius 2 is 1.11 bits per heavy atom. The van der Waals surface area contributed by atoms with Gasteiger partial charge in [0.15, 0.2) is 0 Å². The van der Waals surface area contributed by atoms with Gasteiger partial charge in [-0.2, -0.15) is 8.42 Å². The second-order valence-corrected chi connectivity index (χ2v) is 5.64. The number of aliphatic hydroxyl groups excluding tert-OH is 2. The maximum absolute atomic E-state index is 9.22. The number of rotatable bonds is 4. The second-order valence-electron chi connectivity index (χ2n) is 4.75. The molecular formula is C10H24N2O6S. The lowest BCUT2D eigenvalue weighted by molar-refractivity contribution is 0.0576. The summed E-state index contributed by atoms with van der Waals surface area (Å²) in [5.74, 6) is 0. The zero-order valence-corrected chi connectivity index (χ0v) is 12.1. The number of hydrogen-bond acceptors (Lipinski definition) is 6. The first kappa shape index (κ1) is 18.7. The molecule has 116 valence electrons. The molecule has 4 N–H and O–H groups in total. The number of hydrogen-bond donors (Lipinski definition) is 4. The van der Waals surface area contributed by atoms with Crippen LogP contribution < -0.4 is 0 Å². The van der Waals surface area contributed by atoms with Gasteiger partial charge in [0.2, 0.25) is 0 Å². The molecule has 19 heavy (non-hydrogen) atoms. The van der Waals surface area contributed by atoms with Crippen LogP contribution in [0.5, 0.6) is 0 Å². The molecule has 0 saturated carbocycles. The first-order chi connectivity index (χ1) is 8.58. The van der Waals surface area contributed by atoms with Crippen LogP contribution in [0.15, 0.2) is 0 Å². The van der Waals surface area contributed by atoms with Crippen molar-refractivity contribution in [2.75, 3.05) is 39.3 Å². The number of piperazine rings is 1. The summed E-state index contributed by atoms with van der Waals surface area (Å²) in [7, 11) is -4.67. The van der Waals surface area contributed by atoms with Gasteiger partial charge in [0.1, 0.15) is 0 Å². The SMILES string of the molecule is CC(O)CN1CCN(CC(C)O)CC1.O=S(=O)(O)O. The van der Waals surface area contributed by atoms with Crippen LogP contribution in [0, 0.1) is 0 Å². The summed E-state index contributed by atoms with van der Waals surface area (Å²) in [6.07, 6.45) is -0.475. The molecule has 1 rings (SSSR count). The number of aliphatic hydroxyl groups is 2. The zero-order chi connectivity index (χ0) is 15.1. The standard InChI is InChI=1S/C10H22N2O2.H2O4S/c1-9(13)7-11-3-5-12(6-4-11)8-10(2)14;1-5(2,3)4/h9-10,13-14H,3-8H2,1-2H3;(H2,1,2,3,4). The van der Waals surface area contributed by atoms with Crippen LogP contribution in [0.2, 0.25) is 0 Å². The Labute approximate surface area is 114 Å². The highest BCUT2D eigenvalue weighted by Gasteiger charge is 2.18. The average Bonchev–Trinajstić information content (AvgIpc) is 2.16. The van der Waals surface area contributed by atoms with Crippen molar-refractivity contribution in [3.63, 3.8) is 0 Å². The Balaban J connectivity index is 0.000000555. The van der Waals surface area contributed by atoms with Gasteiger partial charge in [-0.1, -0.05) is 0 Å². The summed E-state index contributed by atoms with van der Waals surface area (Å²) in [6, 6.07) is 0. The molecule has 0 radical (unpaired) electrons. The molecule has 0 aromatic carbocycles. The molecule has 0 aromatic rings. The van der Waals surface area contributed by atoms with Crippen molar-refractivity contribution >= 4 is 10.4 Å². The highest BCUT2D eigenvalue weighted by atomic mass is 32.3. The van der Waals surface area contributed by atoms with Gasteiger partial charge in [-0.15, -0.1) is 0 Å². The van der Waals surface area contributed by atoms with E-state index in [1.807, 2.05) is 13.8 Å². The minimum Gasteiger partial charge on any atom is -0.392 e. The molecule has 0 bridgehead atoms. The fraction of sp³-hybridized carbons (Fsp3) is 1.00. The Morgan fingerprint density at radius 1 is 0.895 bits per heavy atom. The molecule has 1 aliphatic heterocycles. The molecule has 9 heteroatoms. The molecule has 2 unspecified atom stereocenters. The molecular weight excluding hydrogens is 276 g/mol. The predicted molar refractivity (Wildman–Crippen MR) is 70.4 cm³/mol. The number of nitrogens with zero attached hydrogens (tertiary/aromatic N) is 2. The smallest absolute Gasteiger partial charge is 0.392 e. The molecule has 2 atom stereocenters. The Morgan fingerprint density at radius 3 is 1.26 bits per heavy atom. The Kier molecular flexibility index (Phi) is 8.66. The van der Waals surface area contributed by atoms with E-state index in [2.05, 4.69) is 9.80 Å². The normalized spacial score (nSPS) is 21.4. The van der Waals surface area contributed by atoms with Crippen molar-refractivity contribution in [1.29, 1.82) is 0 Å². The van der Waals surface area contributed by atoms with Crippen LogP contribution in [0.1, 0.15) is 13.8 Å². The summed E-state index contributed by atoms with van der Waals surface area (Å²) in [6.45, 7) is 9.17. The molecule has 8 nitrogen and oxygen atoms in total. The zero-order valence-electron chi connectivity index (χ0n) is 11.3. The van der Waals surface area contributed by atoms with Gasteiger partial charge in [0.25, 0.3) is 0 Å². The largest absolute Gasteiger partial charge is 0.394 e. The molecule has 1 fully saturated rings. The van der Waals surface area contributed by atoms with Crippen LogP contribution >= 0.6 is 0 Å². The monoisotopic (exact) mass is 300 g/mol. The third kappa shape index (κ3) is 13.9. The molecule has 0 aromatic heterocycles. The van der Waals surface area contributed by atoms with Gasteiger partial charge in [-0.05, 0) is 13.8 Å². The Hall–Kier alpha value is -0.290. The van der Waals surface area contributed by atoms with Gasteiger partial charge in [-0.3, -0.25) is 18.9 Å². The third-order valence-electron chi connectivity index (χ3n) is 2.51. The van der Waals surface area contributed by atoms with Crippen LogP contribution in [-0.4, -0.2) is 89.0 Å². The highest BCUT2D eigenvalue weighted by Crippen LogP contribution is 2.03. The van der Waals surface area contributed by atoms with Crippen molar-refractivity contribution in [3.8, 4) is 0 Å². The molecule has 1 saturated heterocycles. The van der Waals surface area contributed by atoms with E-state index in [1.165, 1.54) is 0 Å². The first-order valence-electron chi connectivity index (χ1n) is 6.08. The minimum absolute atomic E-state index is 0.238. The van der Waals surface area contributed by atoms with E-state index in [0.717, 1.165) is 39.3 Å². The van der Waals surface area contributed by atoms with E-state index in [9.17, 15) is 10.2 Å². The lowest BCUT2D eigenvalue weighted by Crippen LogP contribution is -2.49. The fourth-order valence-electron chi connectivity index (χ4n) is 1.90. The maximum atomic E-state index is 9.22. The molecule has 0 amide bonds. The number of β-amino-alcohol motifs (C(OH)–C–C–N with tert-alkyl or cyclic N) is 2. The maximum Gasteiger partial charge on any atom is 0.394 e. The molecule has 1 aliphatic rings. The van der Waals surface area contributed by atoms with Crippen molar-refractivity contribution in [2.45, 2.75) is 26.1 Å². The summed E-state index contributed by atoms with van der Waals surface area (Å²) < 4.78 is 31.6. The summed E-state index contributed by atoms with van der Waals surface area (Å²) in [5, 5.41) is 18.4. The van der Waals surface area contributed by atoms with Gasteiger partial charge in [0.05, 0.1) is 12.2 Å². The lowest BCUT2D eigenvalue weighted by Gasteiger charge is -2.35. The van der Waals surface area contributed by atoms with Crippen molar-refractivity contribution in [1.82, 2.24) is 9.80 Å². The highest BCUT2D eigenvalue weighted by molar-refractivity contribution is 7.79. The van der Waals surface area contributed by atoms with Crippen molar-refractivity contribution in [2.24, 2.45) is 0 Å². The first-order valence-corrected chi connectivity index (χ1v) is 7.48. The van der Waals surface area contributed by atoms with Gasteiger partial charge in [-0.25, -0.2) is 0 Å². The van der Waals surface area contributed by atoms with Crippen molar-refractivity contribution in [3.05, 3.63) is 0 Å². The van der Waals surface area contributed by atoms with E-state index in [4.69, 9.17) is 17.5 Å².